The smallest absolute Gasteiger partial charge is 0.231 e. The van der Waals surface area contributed by atoms with Crippen molar-refractivity contribution in [2.45, 2.75) is 19.5 Å². The van der Waals surface area contributed by atoms with E-state index in [-0.39, 0.29) is 12.3 Å². The molecule has 0 spiro atoms. The highest BCUT2D eigenvalue weighted by atomic mass is 32.1. The Morgan fingerprint density at radius 2 is 2.17 bits per heavy atom. The monoisotopic (exact) mass is 343 g/mol. The van der Waals surface area contributed by atoms with Crippen LogP contribution < -0.4 is 11.1 Å². The molecule has 4 rings (SSSR count). The molecule has 0 aliphatic heterocycles. The minimum absolute atomic E-state index is 0.272. The Kier molecular flexibility index (Phi) is 3.42. The number of carbonyl (C=O) groups is 1. The Hall–Kier alpha value is -2.61. The van der Waals surface area contributed by atoms with Crippen LogP contribution in [0.15, 0.2) is 24.4 Å². The topological polar surface area (TPSA) is 93.8 Å². The van der Waals surface area contributed by atoms with Crippen molar-refractivity contribution in [3.05, 3.63) is 30.0 Å². The number of carbonyl (C=O) groups excluding carboxylic acids is 1. The second-order valence-corrected chi connectivity index (χ2v) is 6.72. The van der Waals surface area contributed by atoms with E-state index in [1.807, 2.05) is 19.1 Å². The molecule has 3 aromatic rings. The van der Waals surface area contributed by atoms with Crippen LogP contribution in [0.1, 0.15) is 12.0 Å². The molecule has 0 radical (unpaired) electrons. The summed E-state index contributed by atoms with van der Waals surface area (Å²) in [5, 5.41) is 11.4. The molecule has 1 aromatic carbocycles. The second kappa shape index (κ2) is 5.48. The lowest BCUT2D eigenvalue weighted by Crippen LogP contribution is -2.16. The quantitative estimate of drug-likeness (QED) is 0.713. The van der Waals surface area contributed by atoms with Crippen LogP contribution in [0.25, 0.3) is 21.3 Å². The van der Waals surface area contributed by atoms with Crippen LogP contribution in [0.3, 0.4) is 0 Å². The maximum absolute atomic E-state index is 13.0. The Balaban J connectivity index is 1.72. The summed E-state index contributed by atoms with van der Waals surface area (Å²) in [5.74, 6) is -0.638. The van der Waals surface area contributed by atoms with Crippen LogP contribution >= 0.6 is 11.5 Å². The summed E-state index contributed by atoms with van der Waals surface area (Å²) in [6.07, 6.45) is 1.03. The summed E-state index contributed by atoms with van der Waals surface area (Å²) in [4.78, 5) is 12.9. The van der Waals surface area contributed by atoms with Gasteiger partial charge in [-0.1, -0.05) is 0 Å². The second-order valence-electron chi connectivity index (χ2n) is 5.92. The predicted octanol–water partition coefficient (Wildman–Crippen LogP) is 2.94. The molecule has 2 aromatic heterocycles. The van der Waals surface area contributed by atoms with Gasteiger partial charge in [0.2, 0.25) is 5.91 Å². The lowest BCUT2D eigenvalue weighted by molar-refractivity contribution is -0.117. The van der Waals surface area contributed by atoms with Gasteiger partial charge in [-0.15, -0.1) is 10.2 Å². The minimum atomic E-state index is -1.05. The number of nitrogens with zero attached hydrogens (tertiary/aromatic N) is 3. The number of aromatic nitrogens is 3. The van der Waals surface area contributed by atoms with Crippen LogP contribution in [0.2, 0.25) is 0 Å². The fourth-order valence-electron chi connectivity index (χ4n) is 2.60. The van der Waals surface area contributed by atoms with Crippen molar-refractivity contribution >= 4 is 39.8 Å². The maximum Gasteiger partial charge on any atom is 0.231 e. The minimum Gasteiger partial charge on any atom is -0.397 e. The Bertz CT molecular complexity index is 957. The van der Waals surface area contributed by atoms with Crippen LogP contribution in [-0.2, 0) is 4.79 Å². The van der Waals surface area contributed by atoms with Gasteiger partial charge in [0, 0.05) is 11.6 Å². The van der Waals surface area contributed by atoms with Gasteiger partial charge in [0.05, 0.1) is 16.5 Å². The van der Waals surface area contributed by atoms with Gasteiger partial charge in [0.1, 0.15) is 11.7 Å². The van der Waals surface area contributed by atoms with E-state index >= 15 is 0 Å². The van der Waals surface area contributed by atoms with Crippen LogP contribution in [-0.4, -0.2) is 26.6 Å². The zero-order chi connectivity index (χ0) is 16.8. The van der Waals surface area contributed by atoms with Crippen molar-refractivity contribution < 1.29 is 9.18 Å². The number of hydrogen-bond acceptors (Lipinski definition) is 6. The molecule has 8 heteroatoms. The Labute approximate surface area is 141 Å². The molecule has 1 aliphatic rings. The first kappa shape index (κ1) is 14.9. The van der Waals surface area contributed by atoms with E-state index in [2.05, 4.69) is 19.9 Å². The molecular formula is C16H14FN5OS. The van der Waals surface area contributed by atoms with Crippen LogP contribution in [0.4, 0.5) is 15.9 Å². The first-order valence-electron chi connectivity index (χ1n) is 7.46. The lowest BCUT2D eigenvalue weighted by Gasteiger charge is -2.08. The number of halogens is 1. The lowest BCUT2D eigenvalue weighted by atomic mass is 10.1. The fraction of sp³-hybridized carbons (Fsp3) is 0.250. The number of hydrogen-bond donors (Lipinski definition) is 2. The summed E-state index contributed by atoms with van der Waals surface area (Å²) in [6, 6.07) is 5.48. The van der Waals surface area contributed by atoms with Crippen LogP contribution in [0.5, 0.6) is 0 Å². The summed E-state index contributed by atoms with van der Waals surface area (Å²) in [7, 11) is 0. The van der Waals surface area contributed by atoms with Gasteiger partial charge in [-0.3, -0.25) is 4.79 Å². The highest BCUT2D eigenvalue weighted by Gasteiger charge is 2.43. The third-order valence-corrected chi connectivity index (χ3v) is 4.98. The van der Waals surface area contributed by atoms with Crippen molar-refractivity contribution in [2.75, 3.05) is 11.1 Å². The van der Waals surface area contributed by atoms with Crippen molar-refractivity contribution in [2.24, 2.45) is 5.92 Å². The number of aryl methyl sites for hydroxylation is 1. The average molecular weight is 343 g/mol. The number of rotatable bonds is 3. The van der Waals surface area contributed by atoms with E-state index in [0.29, 0.717) is 17.0 Å². The molecule has 3 N–H and O–H groups in total. The van der Waals surface area contributed by atoms with Gasteiger partial charge in [0.25, 0.3) is 0 Å². The molecule has 1 saturated carbocycles. The molecular weight excluding hydrogens is 329 g/mol. The van der Waals surface area contributed by atoms with E-state index in [0.717, 1.165) is 21.4 Å². The normalized spacial score (nSPS) is 19.4. The number of anilines is 2. The number of nitrogens with two attached hydrogens (primary N) is 1. The number of alkyl halides is 1. The number of nitrogens with one attached hydrogen (secondary N) is 1. The van der Waals surface area contributed by atoms with Gasteiger partial charge >= 0.3 is 0 Å². The van der Waals surface area contributed by atoms with E-state index in [9.17, 15) is 9.18 Å². The summed E-state index contributed by atoms with van der Waals surface area (Å²) < 4.78 is 17.1. The molecule has 1 fully saturated rings. The molecule has 1 unspecified atom stereocenters. The van der Waals surface area contributed by atoms with Crippen molar-refractivity contribution in [3.63, 3.8) is 0 Å². The number of amides is 1. The zero-order valence-corrected chi connectivity index (χ0v) is 13.6. The van der Waals surface area contributed by atoms with E-state index in [4.69, 9.17) is 5.73 Å². The highest BCUT2D eigenvalue weighted by Crippen LogP contribution is 2.35. The third-order valence-electron chi connectivity index (χ3n) is 4.03. The van der Waals surface area contributed by atoms with Crippen molar-refractivity contribution in [3.8, 4) is 10.4 Å². The van der Waals surface area contributed by atoms with E-state index in [1.54, 1.807) is 12.3 Å². The summed E-state index contributed by atoms with van der Waals surface area (Å²) in [6.45, 7) is 1.98. The first-order chi connectivity index (χ1) is 11.5. The SMILES string of the molecule is Cc1cnsc1-c1cc(N)c2nnc(NC(=O)C3C[C@@H]3F)cc2c1. The largest absolute Gasteiger partial charge is 0.397 e. The zero-order valence-electron chi connectivity index (χ0n) is 12.8. The van der Waals surface area contributed by atoms with Gasteiger partial charge in [-0.25, -0.2) is 8.76 Å². The fourth-order valence-corrected chi connectivity index (χ4v) is 3.34. The van der Waals surface area contributed by atoms with E-state index < -0.39 is 12.1 Å². The Morgan fingerprint density at radius 1 is 1.38 bits per heavy atom. The molecule has 24 heavy (non-hydrogen) atoms. The summed E-state index contributed by atoms with van der Waals surface area (Å²) >= 11 is 1.39. The third kappa shape index (κ3) is 2.58. The average Bonchev–Trinajstić information content (AvgIpc) is 3.12. The van der Waals surface area contributed by atoms with E-state index in [1.165, 1.54) is 11.5 Å². The highest BCUT2D eigenvalue weighted by molar-refractivity contribution is 7.09. The molecule has 1 amide bonds. The summed E-state index contributed by atoms with van der Waals surface area (Å²) in [5.41, 5.74) is 9.16. The standard InChI is InChI=1S/C16H14FN5OS/c1-7-6-19-24-15(7)9-2-8-4-13(20-16(23)10-5-11(10)17)21-22-14(8)12(18)3-9/h2-4,6,10-11H,5,18H2,1H3,(H,20,21,23)/t10?,11-/m0/s1. The number of fused-ring (bicyclic) bond motifs is 1. The molecule has 2 atom stereocenters. The molecule has 2 heterocycles. The van der Waals surface area contributed by atoms with Gasteiger partial charge in [0.15, 0.2) is 5.82 Å². The van der Waals surface area contributed by atoms with Gasteiger partial charge in [-0.05, 0) is 54.2 Å². The van der Waals surface area contributed by atoms with Gasteiger partial charge < -0.3 is 11.1 Å². The first-order valence-corrected chi connectivity index (χ1v) is 8.24. The molecule has 122 valence electrons. The van der Waals surface area contributed by atoms with Crippen molar-refractivity contribution in [1.82, 2.24) is 14.6 Å². The van der Waals surface area contributed by atoms with Crippen LogP contribution in [0, 0.1) is 12.8 Å². The molecule has 0 bridgehead atoms. The maximum atomic E-state index is 13.0. The molecule has 0 saturated heterocycles. The molecule has 1 aliphatic carbocycles. The number of benzene rings is 1. The Morgan fingerprint density at radius 3 is 2.83 bits per heavy atom. The van der Waals surface area contributed by atoms with Gasteiger partial charge in [-0.2, -0.15) is 0 Å². The number of nitrogen functional groups attached to an aromatic ring is 1. The predicted molar refractivity (Wildman–Crippen MR) is 91.4 cm³/mol. The van der Waals surface area contributed by atoms with Crippen molar-refractivity contribution in [1.29, 1.82) is 0 Å². The molecule has 6 nitrogen and oxygen atoms in total.